The molecule has 1 saturated heterocycles. The molecule has 3 aromatic carbocycles. The number of anilines is 2. The van der Waals surface area contributed by atoms with E-state index >= 15 is 0 Å². The van der Waals surface area contributed by atoms with Crippen LogP contribution in [0.3, 0.4) is 0 Å². The minimum absolute atomic E-state index is 0.0257. The van der Waals surface area contributed by atoms with Crippen molar-refractivity contribution >= 4 is 23.2 Å². The maximum atomic E-state index is 13.1. The first-order valence-electron chi connectivity index (χ1n) is 12.5. The first kappa shape index (κ1) is 24.5. The van der Waals surface area contributed by atoms with Crippen LogP contribution in [0.25, 0.3) is 0 Å². The van der Waals surface area contributed by atoms with E-state index < -0.39 is 0 Å². The van der Waals surface area contributed by atoms with Crippen molar-refractivity contribution in [2.75, 3.05) is 23.3 Å². The number of carbonyl (C=O) groups excluding carboxylic acids is 2. The van der Waals surface area contributed by atoms with E-state index in [2.05, 4.69) is 45.9 Å². The first-order valence-corrected chi connectivity index (χ1v) is 12.5. The molecule has 0 saturated carbocycles. The van der Waals surface area contributed by atoms with Gasteiger partial charge in [-0.2, -0.15) is 0 Å². The molecule has 0 radical (unpaired) electrons. The van der Waals surface area contributed by atoms with Gasteiger partial charge in [0.05, 0.1) is 5.56 Å². The van der Waals surface area contributed by atoms with Crippen molar-refractivity contribution in [1.29, 1.82) is 0 Å². The van der Waals surface area contributed by atoms with Crippen molar-refractivity contribution in [3.63, 3.8) is 0 Å². The number of nitrogens with zero attached hydrogens (tertiary/aromatic N) is 1. The minimum atomic E-state index is -0.185. The van der Waals surface area contributed by atoms with Gasteiger partial charge in [-0.25, -0.2) is 0 Å². The lowest BCUT2D eigenvalue weighted by Gasteiger charge is -2.35. The highest BCUT2D eigenvalue weighted by atomic mass is 16.2. The number of hydrogen-bond donors (Lipinski definition) is 2. The van der Waals surface area contributed by atoms with Crippen molar-refractivity contribution in [2.45, 2.75) is 46.1 Å². The standard InChI is InChI=1S/C30H35N3O2/c1-21(2)31-30(35)27-20-26(32-29(34)25-11-9-22(3)10-12-25)13-14-28(27)33-17-15-24(16-18-33)19-23-7-5-4-6-8-23/h4-14,20-21,24H,15-19H2,1-3H3,(H,31,35)(H,32,34). The van der Waals surface area contributed by atoms with E-state index in [1.165, 1.54) is 5.56 Å². The number of nitrogens with one attached hydrogen (secondary N) is 2. The van der Waals surface area contributed by atoms with Crippen LogP contribution in [0, 0.1) is 12.8 Å². The van der Waals surface area contributed by atoms with Crippen LogP contribution < -0.4 is 15.5 Å². The molecular formula is C30H35N3O2. The van der Waals surface area contributed by atoms with Crippen LogP contribution in [0.5, 0.6) is 0 Å². The van der Waals surface area contributed by atoms with Crippen molar-refractivity contribution in [3.05, 3.63) is 95.1 Å². The maximum absolute atomic E-state index is 13.1. The Morgan fingerprint density at radius 1 is 0.914 bits per heavy atom. The number of rotatable bonds is 7. The Morgan fingerprint density at radius 2 is 1.60 bits per heavy atom. The zero-order valence-electron chi connectivity index (χ0n) is 20.9. The zero-order chi connectivity index (χ0) is 24.8. The molecule has 182 valence electrons. The van der Waals surface area contributed by atoms with Gasteiger partial charge in [0, 0.05) is 36.1 Å². The van der Waals surface area contributed by atoms with Crippen LogP contribution >= 0.6 is 0 Å². The van der Waals surface area contributed by atoms with E-state index in [9.17, 15) is 9.59 Å². The topological polar surface area (TPSA) is 61.4 Å². The Labute approximate surface area is 208 Å². The molecule has 2 N–H and O–H groups in total. The lowest BCUT2D eigenvalue weighted by Crippen LogP contribution is -2.37. The lowest BCUT2D eigenvalue weighted by atomic mass is 9.89. The summed E-state index contributed by atoms with van der Waals surface area (Å²) in [5.41, 5.74) is 5.22. The highest BCUT2D eigenvalue weighted by molar-refractivity contribution is 6.06. The number of carbonyl (C=O) groups is 2. The maximum Gasteiger partial charge on any atom is 0.255 e. The molecule has 0 bridgehead atoms. The molecule has 3 aromatic rings. The Balaban J connectivity index is 1.49. The Kier molecular flexibility index (Phi) is 7.86. The quantitative estimate of drug-likeness (QED) is 0.457. The monoisotopic (exact) mass is 469 g/mol. The normalized spacial score (nSPS) is 14.1. The van der Waals surface area contributed by atoms with E-state index in [-0.39, 0.29) is 17.9 Å². The largest absolute Gasteiger partial charge is 0.371 e. The number of piperidine rings is 1. The summed E-state index contributed by atoms with van der Waals surface area (Å²) in [6, 6.07) is 23.8. The van der Waals surface area contributed by atoms with Gasteiger partial charge >= 0.3 is 0 Å². The van der Waals surface area contributed by atoms with Gasteiger partial charge in [0.25, 0.3) is 11.8 Å². The highest BCUT2D eigenvalue weighted by Crippen LogP contribution is 2.30. The molecule has 0 atom stereocenters. The SMILES string of the molecule is Cc1ccc(C(=O)Nc2ccc(N3CCC(Cc4ccccc4)CC3)c(C(=O)NC(C)C)c2)cc1. The molecule has 0 aromatic heterocycles. The van der Waals surface area contributed by atoms with Gasteiger partial charge in [0.2, 0.25) is 0 Å². The molecule has 1 aliphatic heterocycles. The summed E-state index contributed by atoms with van der Waals surface area (Å²) in [6.07, 6.45) is 3.28. The summed E-state index contributed by atoms with van der Waals surface area (Å²) in [6.45, 7) is 7.72. The molecule has 1 aliphatic rings. The van der Waals surface area contributed by atoms with Crippen LogP contribution in [0.15, 0.2) is 72.8 Å². The first-order chi connectivity index (χ1) is 16.9. The average Bonchev–Trinajstić information content (AvgIpc) is 2.85. The number of hydrogen-bond acceptors (Lipinski definition) is 3. The second-order valence-electron chi connectivity index (χ2n) is 9.80. The Bertz CT molecular complexity index is 1150. The van der Waals surface area contributed by atoms with Crippen molar-refractivity contribution in [1.82, 2.24) is 5.32 Å². The molecule has 0 unspecified atom stereocenters. The fourth-order valence-corrected chi connectivity index (χ4v) is 4.64. The fraction of sp³-hybridized carbons (Fsp3) is 0.333. The van der Waals surface area contributed by atoms with Crippen LogP contribution in [0.2, 0.25) is 0 Å². The van der Waals surface area contributed by atoms with Crippen LogP contribution in [0.1, 0.15) is 58.5 Å². The molecule has 35 heavy (non-hydrogen) atoms. The molecule has 5 heteroatoms. The third kappa shape index (κ3) is 6.50. The van der Waals surface area contributed by atoms with E-state index in [0.29, 0.717) is 22.7 Å². The zero-order valence-corrected chi connectivity index (χ0v) is 20.9. The summed E-state index contributed by atoms with van der Waals surface area (Å²) in [5.74, 6) is 0.345. The summed E-state index contributed by atoms with van der Waals surface area (Å²) < 4.78 is 0. The van der Waals surface area contributed by atoms with Crippen molar-refractivity contribution < 1.29 is 9.59 Å². The fourth-order valence-electron chi connectivity index (χ4n) is 4.64. The lowest BCUT2D eigenvalue weighted by molar-refractivity contribution is 0.0942. The summed E-state index contributed by atoms with van der Waals surface area (Å²) in [7, 11) is 0. The van der Waals surface area contributed by atoms with E-state index in [1.54, 1.807) is 6.07 Å². The molecule has 0 spiro atoms. The molecular weight excluding hydrogens is 434 g/mol. The number of benzene rings is 3. The van der Waals surface area contributed by atoms with Crippen LogP contribution in [-0.2, 0) is 6.42 Å². The van der Waals surface area contributed by atoms with Crippen LogP contribution in [-0.4, -0.2) is 30.9 Å². The van der Waals surface area contributed by atoms with E-state index in [0.717, 1.165) is 43.6 Å². The van der Waals surface area contributed by atoms with Gasteiger partial charge in [-0.05, 0) is 81.8 Å². The van der Waals surface area contributed by atoms with Gasteiger partial charge < -0.3 is 15.5 Å². The van der Waals surface area contributed by atoms with Gasteiger partial charge in [-0.1, -0.05) is 48.0 Å². The summed E-state index contributed by atoms with van der Waals surface area (Å²) in [5, 5.41) is 5.97. The summed E-state index contributed by atoms with van der Waals surface area (Å²) >= 11 is 0. The molecule has 1 fully saturated rings. The molecule has 5 nitrogen and oxygen atoms in total. The highest BCUT2D eigenvalue weighted by Gasteiger charge is 2.24. The van der Waals surface area contributed by atoms with Gasteiger partial charge in [-0.3, -0.25) is 9.59 Å². The average molecular weight is 470 g/mol. The molecule has 1 heterocycles. The Hall–Kier alpha value is -3.60. The minimum Gasteiger partial charge on any atom is -0.371 e. The number of aryl methyl sites for hydroxylation is 1. The molecule has 2 amide bonds. The van der Waals surface area contributed by atoms with Gasteiger partial charge in [-0.15, -0.1) is 0 Å². The Morgan fingerprint density at radius 3 is 2.26 bits per heavy atom. The second-order valence-corrected chi connectivity index (χ2v) is 9.80. The van der Waals surface area contributed by atoms with Crippen molar-refractivity contribution in [2.24, 2.45) is 5.92 Å². The predicted octanol–water partition coefficient (Wildman–Crippen LogP) is 5.84. The van der Waals surface area contributed by atoms with E-state index in [4.69, 9.17) is 0 Å². The third-order valence-electron chi connectivity index (χ3n) is 6.55. The predicted molar refractivity (Wildman–Crippen MR) is 143 cm³/mol. The smallest absolute Gasteiger partial charge is 0.255 e. The van der Waals surface area contributed by atoms with Gasteiger partial charge in [0.1, 0.15) is 0 Å². The molecule has 0 aliphatic carbocycles. The van der Waals surface area contributed by atoms with E-state index in [1.807, 2.05) is 57.2 Å². The third-order valence-corrected chi connectivity index (χ3v) is 6.55. The van der Waals surface area contributed by atoms with Gasteiger partial charge in [0.15, 0.2) is 0 Å². The molecule has 4 rings (SSSR count). The number of amides is 2. The van der Waals surface area contributed by atoms with Crippen LogP contribution in [0.4, 0.5) is 11.4 Å². The summed E-state index contributed by atoms with van der Waals surface area (Å²) in [4.78, 5) is 28.2. The van der Waals surface area contributed by atoms with Crippen molar-refractivity contribution in [3.8, 4) is 0 Å². The second kappa shape index (κ2) is 11.2.